The van der Waals surface area contributed by atoms with Crippen LogP contribution in [0.25, 0.3) is 135 Å². The molecule has 0 saturated heterocycles. The summed E-state index contributed by atoms with van der Waals surface area (Å²) in [5, 5.41) is 17.7. The van der Waals surface area contributed by atoms with Gasteiger partial charge in [-0.15, -0.1) is 11.3 Å². The number of pyridine rings is 1. The van der Waals surface area contributed by atoms with Gasteiger partial charge in [-0.25, -0.2) is 4.98 Å². The number of nitrogens with zero attached hydrogens (tertiary/aromatic N) is 2. The van der Waals surface area contributed by atoms with Gasteiger partial charge in [0.15, 0.2) is 5.65 Å². The van der Waals surface area contributed by atoms with E-state index in [0.717, 1.165) is 27.9 Å². The van der Waals surface area contributed by atoms with E-state index < -0.39 is 0 Å². The van der Waals surface area contributed by atoms with E-state index in [0.29, 0.717) is 0 Å². The molecule has 0 atom stereocenters. The zero-order valence-electron chi connectivity index (χ0n) is 33.4. The van der Waals surface area contributed by atoms with Crippen LogP contribution in [0.15, 0.2) is 206 Å². The molecule has 3 heteroatoms. The molecule has 3 aromatic heterocycles. The molecular formula is C59H34N2S. The largest absolute Gasteiger partial charge is 0.291 e. The Hall–Kier alpha value is -7.85. The molecule has 11 aromatic carbocycles. The average molecular weight is 803 g/mol. The third kappa shape index (κ3) is 4.88. The highest BCUT2D eigenvalue weighted by atomic mass is 32.1. The molecule has 0 aliphatic heterocycles. The maximum Gasteiger partial charge on any atom is 0.156 e. The Balaban J connectivity index is 0.904. The van der Waals surface area contributed by atoms with Gasteiger partial charge in [0.25, 0.3) is 0 Å². The van der Waals surface area contributed by atoms with Crippen molar-refractivity contribution in [3.8, 4) is 33.5 Å². The summed E-state index contributed by atoms with van der Waals surface area (Å²) in [6.45, 7) is 0. The van der Waals surface area contributed by atoms with Crippen molar-refractivity contribution in [2.45, 2.75) is 0 Å². The fourth-order valence-electron chi connectivity index (χ4n) is 10.3. The zero-order valence-corrected chi connectivity index (χ0v) is 34.2. The Morgan fingerprint density at radius 1 is 0.323 bits per heavy atom. The summed E-state index contributed by atoms with van der Waals surface area (Å²) < 4.78 is 4.90. The summed E-state index contributed by atoms with van der Waals surface area (Å²) in [4.78, 5) is 5.55. The Kier molecular flexibility index (Phi) is 7.02. The van der Waals surface area contributed by atoms with Crippen LogP contribution in [0, 0.1) is 0 Å². The minimum Gasteiger partial charge on any atom is -0.291 e. The lowest BCUT2D eigenvalue weighted by Gasteiger charge is -2.12. The summed E-state index contributed by atoms with van der Waals surface area (Å²) in [5.74, 6) is 0. The van der Waals surface area contributed by atoms with Crippen molar-refractivity contribution in [2.75, 3.05) is 0 Å². The standard InChI is InChI=1S/C59H34N2S/c1-2-11-41-33-56-52(32-40(41)10-1)53-34-55(61-54-30-29-48-43-12-4-3-9-38(43)25-28-50(48)57(54)60-59(61)58(53)62-56)39-23-21-36(22-24-39)35-17-19-37(20-18-35)42-26-27-49-46-15-6-5-13-44(46)45-14-7-8-16-47(45)51(49)31-42/h1-34H. The molecule has 0 N–H and O–H groups in total. The number of fused-ring (bicyclic) bond motifs is 18. The fraction of sp³-hybridized carbons (Fsp3) is 0. The first kappa shape index (κ1) is 33.9. The number of benzene rings is 11. The van der Waals surface area contributed by atoms with Crippen LogP contribution in [0.4, 0.5) is 0 Å². The van der Waals surface area contributed by atoms with Crippen LogP contribution in [-0.4, -0.2) is 9.38 Å². The Morgan fingerprint density at radius 3 is 1.52 bits per heavy atom. The van der Waals surface area contributed by atoms with Crippen LogP contribution < -0.4 is 0 Å². The first-order valence-electron chi connectivity index (χ1n) is 21.3. The number of hydrogen-bond donors (Lipinski definition) is 0. The van der Waals surface area contributed by atoms with E-state index in [1.54, 1.807) is 0 Å². The van der Waals surface area contributed by atoms with Gasteiger partial charge in [0.1, 0.15) is 0 Å². The van der Waals surface area contributed by atoms with Gasteiger partial charge >= 0.3 is 0 Å². The van der Waals surface area contributed by atoms with Crippen molar-refractivity contribution >= 4 is 113 Å². The van der Waals surface area contributed by atoms with Crippen LogP contribution >= 0.6 is 11.3 Å². The molecule has 2 nitrogen and oxygen atoms in total. The van der Waals surface area contributed by atoms with Gasteiger partial charge in [-0.1, -0.05) is 176 Å². The molecule has 14 aromatic rings. The molecule has 14 rings (SSSR count). The Bertz CT molecular complexity index is 4160. The molecule has 0 spiro atoms. The number of rotatable bonds is 3. The number of thiophene rings is 1. The van der Waals surface area contributed by atoms with Gasteiger partial charge in [0, 0.05) is 20.9 Å². The average Bonchev–Trinajstić information content (AvgIpc) is 3.91. The van der Waals surface area contributed by atoms with Crippen LogP contribution in [0.1, 0.15) is 0 Å². The Labute approximate surface area is 360 Å². The minimum absolute atomic E-state index is 1.01. The highest BCUT2D eigenvalue weighted by Gasteiger charge is 2.20. The smallest absolute Gasteiger partial charge is 0.156 e. The molecule has 0 aliphatic carbocycles. The van der Waals surface area contributed by atoms with Crippen molar-refractivity contribution in [1.29, 1.82) is 0 Å². The fourth-order valence-corrected chi connectivity index (χ4v) is 11.5. The highest BCUT2D eigenvalue weighted by molar-refractivity contribution is 7.26. The van der Waals surface area contributed by atoms with Gasteiger partial charge < -0.3 is 0 Å². The zero-order chi connectivity index (χ0) is 40.5. The molecule has 0 radical (unpaired) electrons. The molecule has 0 amide bonds. The van der Waals surface area contributed by atoms with Crippen molar-refractivity contribution < 1.29 is 0 Å². The van der Waals surface area contributed by atoms with Gasteiger partial charge in [0.05, 0.1) is 21.4 Å². The normalized spacial score (nSPS) is 12.2. The van der Waals surface area contributed by atoms with E-state index in [2.05, 4.69) is 211 Å². The second kappa shape index (κ2) is 12.8. The first-order valence-corrected chi connectivity index (χ1v) is 22.1. The summed E-state index contributed by atoms with van der Waals surface area (Å²) in [6.07, 6.45) is 0. The molecular weight excluding hydrogens is 769 g/mol. The summed E-state index contributed by atoms with van der Waals surface area (Å²) in [7, 11) is 0. The van der Waals surface area contributed by atoms with E-state index in [-0.39, 0.29) is 0 Å². The van der Waals surface area contributed by atoms with Crippen LogP contribution in [0.5, 0.6) is 0 Å². The lowest BCUT2D eigenvalue weighted by molar-refractivity contribution is 1.25. The monoisotopic (exact) mass is 802 g/mol. The maximum absolute atomic E-state index is 5.55. The van der Waals surface area contributed by atoms with E-state index in [9.17, 15) is 0 Å². The van der Waals surface area contributed by atoms with Crippen molar-refractivity contribution in [1.82, 2.24) is 9.38 Å². The van der Waals surface area contributed by atoms with Crippen molar-refractivity contribution in [2.24, 2.45) is 0 Å². The van der Waals surface area contributed by atoms with Gasteiger partial charge in [-0.2, -0.15) is 0 Å². The lowest BCUT2D eigenvalue weighted by Crippen LogP contribution is -1.93. The predicted molar refractivity (Wildman–Crippen MR) is 267 cm³/mol. The molecule has 0 unspecified atom stereocenters. The molecule has 62 heavy (non-hydrogen) atoms. The molecule has 3 heterocycles. The van der Waals surface area contributed by atoms with E-state index in [1.165, 1.54) is 107 Å². The van der Waals surface area contributed by atoms with E-state index in [4.69, 9.17) is 4.98 Å². The van der Waals surface area contributed by atoms with Crippen LogP contribution in [0.2, 0.25) is 0 Å². The third-order valence-electron chi connectivity index (χ3n) is 13.3. The minimum atomic E-state index is 1.01. The lowest BCUT2D eigenvalue weighted by atomic mass is 9.92. The summed E-state index contributed by atoms with van der Waals surface area (Å²) >= 11 is 1.85. The number of hydrogen-bond acceptors (Lipinski definition) is 2. The van der Waals surface area contributed by atoms with Gasteiger partial charge in [-0.3, -0.25) is 4.40 Å². The second-order valence-electron chi connectivity index (χ2n) is 16.7. The van der Waals surface area contributed by atoms with Crippen molar-refractivity contribution in [3.63, 3.8) is 0 Å². The number of aromatic nitrogens is 2. The molecule has 0 bridgehead atoms. The van der Waals surface area contributed by atoms with Crippen molar-refractivity contribution in [3.05, 3.63) is 206 Å². The molecule has 0 aliphatic rings. The second-order valence-corrected chi connectivity index (χ2v) is 17.7. The SMILES string of the molecule is c1ccc2cc3c(cc2c1)sc1c3cc(-c2ccc(-c3ccc(-c4ccc5c6ccccc6c6ccccc6c5c4)cc3)cc2)n2c3ccc4c5ccccc5ccc4c3nc12. The van der Waals surface area contributed by atoms with E-state index in [1.807, 2.05) is 11.3 Å². The topological polar surface area (TPSA) is 17.3 Å². The quantitative estimate of drug-likeness (QED) is 0.163. The van der Waals surface area contributed by atoms with Crippen LogP contribution in [0.3, 0.4) is 0 Å². The van der Waals surface area contributed by atoms with E-state index >= 15 is 0 Å². The maximum atomic E-state index is 5.55. The van der Waals surface area contributed by atoms with Crippen LogP contribution in [-0.2, 0) is 0 Å². The molecule has 0 fully saturated rings. The number of imidazole rings is 1. The molecule has 0 saturated carbocycles. The van der Waals surface area contributed by atoms with Gasteiger partial charge in [0.2, 0.25) is 0 Å². The molecule has 286 valence electrons. The summed E-state index contributed by atoms with van der Waals surface area (Å²) in [5.41, 5.74) is 10.3. The third-order valence-corrected chi connectivity index (χ3v) is 14.5. The highest BCUT2D eigenvalue weighted by Crippen LogP contribution is 2.44. The first-order chi connectivity index (χ1) is 30.7. The van der Waals surface area contributed by atoms with Gasteiger partial charge in [-0.05, 0) is 117 Å². The summed E-state index contributed by atoms with van der Waals surface area (Å²) in [6, 6.07) is 76.2. The predicted octanol–water partition coefficient (Wildman–Crippen LogP) is 16.8. The Morgan fingerprint density at radius 2 is 0.823 bits per heavy atom.